The van der Waals surface area contributed by atoms with Gasteiger partial charge in [-0.25, -0.2) is 9.59 Å². The Morgan fingerprint density at radius 2 is 1.62 bits per heavy atom. The lowest BCUT2D eigenvalue weighted by molar-refractivity contribution is -0.190. The molecule has 0 unspecified atom stereocenters. The average molecular weight is 357 g/mol. The highest BCUT2D eigenvalue weighted by Gasteiger charge is 2.69. The van der Waals surface area contributed by atoms with Crippen LogP contribution < -0.4 is 0 Å². The second-order valence-corrected chi connectivity index (χ2v) is 9.17. The average Bonchev–Trinajstić information content (AvgIpc) is 2.63. The van der Waals surface area contributed by atoms with Crippen molar-refractivity contribution in [2.45, 2.75) is 66.7 Å². The molecule has 1 saturated heterocycles. The van der Waals surface area contributed by atoms with Crippen LogP contribution in [0.15, 0.2) is 0 Å². The molecule has 0 aromatic rings. The Kier molecular flexibility index (Phi) is 5.53. The van der Waals surface area contributed by atoms with E-state index < -0.39 is 28.8 Å². The first-order valence-corrected chi connectivity index (χ1v) is 8.49. The predicted octanol–water partition coefficient (Wildman–Crippen LogP) is 2.90. The van der Waals surface area contributed by atoms with Crippen LogP contribution in [-0.2, 0) is 18.7 Å². The molecule has 1 amide bonds. The van der Waals surface area contributed by atoms with Crippen molar-refractivity contribution in [3.63, 3.8) is 0 Å². The molecule has 1 heterocycles. The number of methoxy groups -OCH3 is 1. The minimum Gasteiger partial charge on any atom is -0.465 e. The Bertz CT molecular complexity index is 506. The molecule has 0 aromatic carbocycles. The van der Waals surface area contributed by atoms with Gasteiger partial charge >= 0.3 is 12.1 Å². The third-order valence-corrected chi connectivity index (χ3v) is 5.05. The van der Waals surface area contributed by atoms with E-state index in [1.807, 2.05) is 13.8 Å². The summed E-state index contributed by atoms with van der Waals surface area (Å²) in [5, 5.41) is 0. The molecule has 2 atom stereocenters. The van der Waals surface area contributed by atoms with Crippen LogP contribution >= 0.6 is 0 Å². The van der Waals surface area contributed by atoms with E-state index in [1.165, 1.54) is 12.0 Å². The van der Waals surface area contributed by atoms with E-state index in [2.05, 4.69) is 31.3 Å². The van der Waals surface area contributed by atoms with Crippen LogP contribution in [0.1, 0.15) is 55.4 Å². The third-order valence-electron chi connectivity index (χ3n) is 4.76. The zero-order valence-electron chi connectivity index (χ0n) is 16.3. The second-order valence-electron chi connectivity index (χ2n) is 8.97. The van der Waals surface area contributed by atoms with Gasteiger partial charge in [-0.3, -0.25) is 4.90 Å². The molecule has 0 spiro atoms. The van der Waals surface area contributed by atoms with E-state index in [4.69, 9.17) is 13.9 Å². The molecule has 0 N–H and O–H groups in total. The zero-order chi connectivity index (χ0) is 19.1. The molecule has 24 heavy (non-hydrogen) atoms. The number of likely N-dealkylation sites (tertiary alicyclic amines) is 1. The first-order chi connectivity index (χ1) is 10.6. The number of ether oxygens (including phenoxy) is 2. The number of hydrogen-bond acceptors (Lipinski definition) is 5. The van der Waals surface area contributed by atoms with Gasteiger partial charge in [-0.1, -0.05) is 34.6 Å². The van der Waals surface area contributed by atoms with E-state index in [0.717, 1.165) is 0 Å². The molecule has 6 nitrogen and oxygen atoms in total. The summed E-state index contributed by atoms with van der Waals surface area (Å²) in [5.41, 5.74) is -3.17. The van der Waals surface area contributed by atoms with Crippen molar-refractivity contribution in [3.05, 3.63) is 0 Å². The third kappa shape index (κ3) is 3.33. The smallest absolute Gasteiger partial charge is 0.413 e. The van der Waals surface area contributed by atoms with Gasteiger partial charge in [-0.15, -0.1) is 0 Å². The van der Waals surface area contributed by atoms with E-state index in [1.54, 1.807) is 20.8 Å². The number of hydrogen-bond donors (Lipinski definition) is 0. The highest BCUT2D eigenvalue weighted by molar-refractivity contribution is 6.01. The lowest BCUT2D eigenvalue weighted by Crippen LogP contribution is -2.62. The minimum absolute atomic E-state index is 0.0204. The van der Waals surface area contributed by atoms with Crippen LogP contribution in [0.2, 0.25) is 0 Å². The monoisotopic (exact) mass is 356 g/mol. The maximum atomic E-state index is 12.8. The summed E-state index contributed by atoms with van der Waals surface area (Å²) in [6, 6.07) is 0. The van der Waals surface area contributed by atoms with Gasteiger partial charge in [0.25, 0.3) is 0 Å². The van der Waals surface area contributed by atoms with Gasteiger partial charge in [0.2, 0.25) is 16.2 Å². The standard InChI is InChI=1S/C17H30NO5Si/c1-14(2,3)11-10-18(13(20)22-15(4,5)6)17(23-24,12(19)21-9)16(11,7)8/h11H,10H2,1-9H3/t11-,17-/m1/s1. The van der Waals surface area contributed by atoms with Gasteiger partial charge in [-0.05, 0) is 32.1 Å². The summed E-state index contributed by atoms with van der Waals surface area (Å²) in [5.74, 6) is -0.659. The Balaban J connectivity index is 3.49. The molecule has 1 rings (SSSR count). The topological polar surface area (TPSA) is 65.1 Å². The highest BCUT2D eigenvalue weighted by Crippen LogP contribution is 2.56. The Morgan fingerprint density at radius 1 is 1.12 bits per heavy atom. The second kappa shape index (κ2) is 6.33. The van der Waals surface area contributed by atoms with Crippen molar-refractivity contribution in [1.82, 2.24) is 4.90 Å². The fourth-order valence-corrected chi connectivity index (χ4v) is 4.20. The number of carbonyl (C=O) groups excluding carboxylic acids is 2. The summed E-state index contributed by atoms with van der Waals surface area (Å²) in [6.07, 6.45) is -0.606. The normalized spacial score (nSPS) is 27.1. The van der Waals surface area contributed by atoms with Crippen molar-refractivity contribution in [1.29, 1.82) is 0 Å². The predicted molar refractivity (Wildman–Crippen MR) is 91.3 cm³/mol. The van der Waals surface area contributed by atoms with Crippen LogP contribution in [0.25, 0.3) is 0 Å². The zero-order valence-corrected chi connectivity index (χ0v) is 17.3. The quantitative estimate of drug-likeness (QED) is 0.562. The fraction of sp³-hybridized carbons (Fsp3) is 0.882. The molecule has 1 aliphatic heterocycles. The maximum Gasteiger partial charge on any atom is 0.413 e. The van der Waals surface area contributed by atoms with Crippen LogP contribution in [0.3, 0.4) is 0 Å². The molecule has 1 fully saturated rings. The Labute approximate surface area is 148 Å². The van der Waals surface area contributed by atoms with Gasteiger partial charge in [0.15, 0.2) is 0 Å². The van der Waals surface area contributed by atoms with E-state index in [-0.39, 0.29) is 11.3 Å². The first-order valence-electron chi connectivity index (χ1n) is 8.09. The Morgan fingerprint density at radius 3 is 1.96 bits per heavy atom. The van der Waals surface area contributed by atoms with E-state index in [9.17, 15) is 9.59 Å². The summed E-state index contributed by atoms with van der Waals surface area (Å²) in [7, 11) is 4.32. The van der Waals surface area contributed by atoms with Gasteiger partial charge < -0.3 is 13.9 Å². The lowest BCUT2D eigenvalue weighted by Gasteiger charge is -2.45. The van der Waals surface area contributed by atoms with Crippen LogP contribution in [0.5, 0.6) is 0 Å². The van der Waals surface area contributed by atoms with Crippen molar-refractivity contribution >= 4 is 22.5 Å². The number of amides is 1. The van der Waals surface area contributed by atoms with E-state index in [0.29, 0.717) is 6.54 Å². The van der Waals surface area contributed by atoms with Gasteiger partial charge in [0, 0.05) is 12.0 Å². The van der Waals surface area contributed by atoms with Crippen molar-refractivity contribution < 1.29 is 23.5 Å². The summed E-state index contributed by atoms with van der Waals surface area (Å²) < 4.78 is 16.0. The van der Waals surface area contributed by atoms with Gasteiger partial charge in [0.1, 0.15) is 5.60 Å². The largest absolute Gasteiger partial charge is 0.465 e. The molecule has 0 bridgehead atoms. The minimum atomic E-state index is -1.61. The lowest BCUT2D eigenvalue weighted by atomic mass is 9.64. The maximum absolute atomic E-state index is 12.8. The van der Waals surface area contributed by atoms with Crippen molar-refractivity contribution in [2.24, 2.45) is 16.7 Å². The number of rotatable bonds is 2. The molecule has 0 saturated carbocycles. The van der Waals surface area contributed by atoms with Crippen molar-refractivity contribution in [2.75, 3.05) is 13.7 Å². The highest BCUT2D eigenvalue weighted by atomic mass is 28.2. The first kappa shape index (κ1) is 21.0. The van der Waals surface area contributed by atoms with Gasteiger partial charge in [-0.2, -0.15) is 0 Å². The molecular formula is C17H30NO5Si. The number of esters is 1. The summed E-state index contributed by atoms with van der Waals surface area (Å²) in [4.78, 5) is 26.9. The molecule has 7 heteroatoms. The molecule has 0 aliphatic carbocycles. The summed E-state index contributed by atoms with van der Waals surface area (Å²) >= 11 is 0. The fourth-order valence-electron chi connectivity index (χ4n) is 3.74. The van der Waals surface area contributed by atoms with Crippen LogP contribution in [0.4, 0.5) is 4.79 Å². The van der Waals surface area contributed by atoms with Crippen LogP contribution in [0, 0.1) is 16.7 Å². The van der Waals surface area contributed by atoms with Crippen LogP contribution in [-0.4, -0.2) is 52.4 Å². The molecule has 0 aromatic heterocycles. The SMILES string of the molecule is COC(=O)[C@]1(O[Si])N(C(=O)OC(C)(C)C)C[C@H](C(C)(C)C)C1(C)C. The van der Waals surface area contributed by atoms with Gasteiger partial charge in [0.05, 0.1) is 7.11 Å². The van der Waals surface area contributed by atoms with E-state index >= 15 is 0 Å². The molecular weight excluding hydrogens is 326 g/mol. The molecule has 137 valence electrons. The molecule has 1 aliphatic rings. The number of nitrogens with zero attached hydrogens (tertiary/aromatic N) is 1. The Hall–Kier alpha value is -1.08. The molecule has 3 radical (unpaired) electrons. The number of carbonyl (C=O) groups is 2. The van der Waals surface area contributed by atoms with Crippen molar-refractivity contribution in [3.8, 4) is 0 Å². The summed E-state index contributed by atoms with van der Waals surface area (Å²) in [6.45, 7) is 15.7.